The fourth-order valence-electron chi connectivity index (χ4n) is 4.39. The van der Waals surface area contributed by atoms with E-state index >= 15 is 0 Å². The summed E-state index contributed by atoms with van der Waals surface area (Å²) in [5.74, 6) is -3.07. The number of amides is 3. The Morgan fingerprint density at radius 3 is 2.21 bits per heavy atom. The molecule has 2 rings (SSSR count). The Hall–Kier alpha value is -3.44. The molecule has 11 nitrogen and oxygen atoms in total. The third-order valence-corrected chi connectivity index (χ3v) is 6.61. The minimum atomic E-state index is -1.14. The van der Waals surface area contributed by atoms with E-state index in [-0.39, 0.29) is 24.7 Å². The molecule has 9 N–H and O–H groups in total. The van der Waals surface area contributed by atoms with Crippen LogP contribution in [0.1, 0.15) is 58.9 Å². The summed E-state index contributed by atoms with van der Waals surface area (Å²) in [7, 11) is 0. The monoisotopic (exact) mass is 544 g/mol. The van der Waals surface area contributed by atoms with Crippen molar-refractivity contribution in [1.29, 1.82) is 0 Å². The summed E-state index contributed by atoms with van der Waals surface area (Å²) in [6.07, 6.45) is 4.04. The molecular formula is C28H44N6O5. The summed E-state index contributed by atoms with van der Waals surface area (Å²) in [5, 5.41) is 18.5. The van der Waals surface area contributed by atoms with Crippen molar-refractivity contribution in [1.82, 2.24) is 20.9 Å². The van der Waals surface area contributed by atoms with Gasteiger partial charge in [-0.05, 0) is 49.3 Å². The lowest BCUT2D eigenvalue weighted by molar-refractivity contribution is -0.143. The fraction of sp³-hybridized carbons (Fsp3) is 0.571. The van der Waals surface area contributed by atoms with Gasteiger partial charge in [-0.15, -0.1) is 0 Å². The van der Waals surface area contributed by atoms with E-state index in [0.29, 0.717) is 19.4 Å². The lowest BCUT2D eigenvalue weighted by atomic mass is 9.99. The van der Waals surface area contributed by atoms with E-state index in [9.17, 15) is 24.3 Å². The summed E-state index contributed by atoms with van der Waals surface area (Å²) < 4.78 is 0. The van der Waals surface area contributed by atoms with Gasteiger partial charge in [-0.2, -0.15) is 0 Å². The van der Waals surface area contributed by atoms with Crippen LogP contribution in [0.25, 0.3) is 10.9 Å². The Morgan fingerprint density at radius 1 is 0.923 bits per heavy atom. The zero-order valence-electron chi connectivity index (χ0n) is 23.3. The molecule has 3 amide bonds. The number of para-hydroxylation sites is 1. The van der Waals surface area contributed by atoms with Crippen molar-refractivity contribution < 1.29 is 24.3 Å². The number of rotatable bonds is 16. The lowest BCUT2D eigenvalue weighted by Gasteiger charge is -2.27. The predicted octanol–water partition coefficient (Wildman–Crippen LogP) is 1.41. The first-order valence-corrected chi connectivity index (χ1v) is 13.6. The number of nitrogens with one attached hydrogen (secondary N) is 4. The van der Waals surface area contributed by atoms with E-state index in [0.717, 1.165) is 22.9 Å². The number of benzene rings is 1. The zero-order valence-corrected chi connectivity index (χ0v) is 23.3. The molecule has 1 aromatic carbocycles. The average molecular weight is 545 g/mol. The molecule has 1 aromatic heterocycles. The highest BCUT2D eigenvalue weighted by Gasteiger charge is 2.32. The SMILES string of the molecule is CC(C)CC(NC(=O)C(NC(=O)C(Cc1c[nH]c2ccccc12)NC(=O)C(N)CCCCN)C(C)C)C(=O)O. The number of hydrogen-bond donors (Lipinski definition) is 7. The quantitative estimate of drug-likeness (QED) is 0.155. The van der Waals surface area contributed by atoms with Gasteiger partial charge in [0.05, 0.1) is 6.04 Å². The number of fused-ring (bicyclic) bond motifs is 1. The molecule has 216 valence electrons. The summed E-state index contributed by atoms with van der Waals surface area (Å²) in [6, 6.07) is 3.69. The van der Waals surface area contributed by atoms with Crippen LogP contribution >= 0.6 is 0 Å². The number of aliphatic carboxylic acids is 1. The Kier molecular flexibility index (Phi) is 12.4. The van der Waals surface area contributed by atoms with Gasteiger partial charge in [0, 0.05) is 23.5 Å². The van der Waals surface area contributed by atoms with E-state index < -0.39 is 47.9 Å². The van der Waals surface area contributed by atoms with E-state index in [1.165, 1.54) is 0 Å². The maximum absolute atomic E-state index is 13.6. The van der Waals surface area contributed by atoms with Gasteiger partial charge in [0.25, 0.3) is 0 Å². The molecule has 11 heteroatoms. The first-order chi connectivity index (χ1) is 18.4. The zero-order chi connectivity index (χ0) is 29.1. The molecule has 0 saturated heterocycles. The van der Waals surface area contributed by atoms with E-state index in [2.05, 4.69) is 20.9 Å². The van der Waals surface area contributed by atoms with Crippen molar-refractivity contribution in [3.8, 4) is 0 Å². The number of H-pyrrole nitrogens is 1. The number of aromatic amines is 1. The van der Waals surface area contributed by atoms with Gasteiger partial charge < -0.3 is 37.5 Å². The summed E-state index contributed by atoms with van der Waals surface area (Å²) >= 11 is 0. The Bertz CT molecular complexity index is 1110. The Labute approximate surface area is 229 Å². The molecule has 0 saturated carbocycles. The Balaban J connectivity index is 2.25. The van der Waals surface area contributed by atoms with Crippen molar-refractivity contribution >= 4 is 34.6 Å². The number of carboxylic acids is 1. The van der Waals surface area contributed by atoms with Crippen molar-refractivity contribution in [3.63, 3.8) is 0 Å². The molecule has 0 radical (unpaired) electrons. The summed E-state index contributed by atoms with van der Waals surface area (Å²) in [4.78, 5) is 54.4. The van der Waals surface area contributed by atoms with E-state index in [1.807, 2.05) is 38.1 Å². The van der Waals surface area contributed by atoms with Crippen molar-refractivity contribution in [2.24, 2.45) is 23.3 Å². The average Bonchev–Trinajstić information content (AvgIpc) is 3.28. The molecule has 0 bridgehead atoms. The molecule has 39 heavy (non-hydrogen) atoms. The van der Waals surface area contributed by atoms with Crippen LogP contribution in [0.3, 0.4) is 0 Å². The highest BCUT2D eigenvalue weighted by Crippen LogP contribution is 2.19. The van der Waals surface area contributed by atoms with Crippen LogP contribution < -0.4 is 27.4 Å². The first-order valence-electron chi connectivity index (χ1n) is 13.6. The summed E-state index contributed by atoms with van der Waals surface area (Å²) in [5.41, 5.74) is 13.3. The van der Waals surface area contributed by atoms with Crippen LogP contribution in [0.2, 0.25) is 0 Å². The number of unbranched alkanes of at least 4 members (excludes halogenated alkanes) is 1. The second kappa shape index (κ2) is 15.2. The van der Waals surface area contributed by atoms with Gasteiger partial charge in [-0.1, -0.05) is 52.3 Å². The minimum Gasteiger partial charge on any atom is -0.480 e. The molecule has 4 atom stereocenters. The molecule has 0 aliphatic rings. The second-order valence-electron chi connectivity index (χ2n) is 10.8. The molecule has 0 aliphatic carbocycles. The number of nitrogens with two attached hydrogens (primary N) is 2. The first kappa shape index (κ1) is 31.8. The van der Waals surface area contributed by atoms with Gasteiger partial charge in [0.2, 0.25) is 17.7 Å². The number of hydrogen-bond acceptors (Lipinski definition) is 6. The van der Waals surface area contributed by atoms with Crippen LogP contribution in [-0.2, 0) is 25.6 Å². The minimum absolute atomic E-state index is 0.0447. The third kappa shape index (κ3) is 9.67. The number of carbonyl (C=O) groups is 4. The van der Waals surface area contributed by atoms with Crippen molar-refractivity contribution in [3.05, 3.63) is 36.0 Å². The third-order valence-electron chi connectivity index (χ3n) is 6.61. The smallest absolute Gasteiger partial charge is 0.326 e. The molecule has 4 unspecified atom stereocenters. The van der Waals surface area contributed by atoms with Crippen LogP contribution in [0, 0.1) is 11.8 Å². The maximum atomic E-state index is 13.6. The molecule has 0 spiro atoms. The fourth-order valence-corrected chi connectivity index (χ4v) is 4.39. The number of carbonyl (C=O) groups excluding carboxylic acids is 3. The predicted molar refractivity (Wildman–Crippen MR) is 151 cm³/mol. The second-order valence-corrected chi connectivity index (χ2v) is 10.8. The molecule has 1 heterocycles. The van der Waals surface area contributed by atoms with Gasteiger partial charge in [-0.3, -0.25) is 14.4 Å². The van der Waals surface area contributed by atoms with Gasteiger partial charge in [0.1, 0.15) is 18.1 Å². The largest absolute Gasteiger partial charge is 0.480 e. The van der Waals surface area contributed by atoms with E-state index in [4.69, 9.17) is 11.5 Å². The Morgan fingerprint density at radius 2 is 1.59 bits per heavy atom. The molecule has 2 aromatic rings. The molecule has 0 fully saturated rings. The number of aromatic nitrogens is 1. The summed E-state index contributed by atoms with van der Waals surface area (Å²) in [6.45, 7) is 7.73. The van der Waals surface area contributed by atoms with Crippen LogP contribution in [0.15, 0.2) is 30.5 Å². The van der Waals surface area contributed by atoms with Crippen LogP contribution in [-0.4, -0.2) is 64.5 Å². The van der Waals surface area contributed by atoms with Crippen LogP contribution in [0.5, 0.6) is 0 Å². The van der Waals surface area contributed by atoms with Crippen molar-refractivity contribution in [2.45, 2.75) is 84.0 Å². The lowest BCUT2D eigenvalue weighted by Crippen LogP contribution is -2.59. The topological polar surface area (TPSA) is 192 Å². The maximum Gasteiger partial charge on any atom is 0.326 e. The highest BCUT2D eigenvalue weighted by molar-refractivity contribution is 5.95. The normalized spacial score (nSPS) is 14.6. The highest BCUT2D eigenvalue weighted by atomic mass is 16.4. The molecule has 0 aliphatic heterocycles. The van der Waals surface area contributed by atoms with Gasteiger partial charge in [-0.25, -0.2) is 4.79 Å². The molecular weight excluding hydrogens is 500 g/mol. The van der Waals surface area contributed by atoms with Crippen molar-refractivity contribution in [2.75, 3.05) is 6.54 Å². The van der Waals surface area contributed by atoms with Gasteiger partial charge in [0.15, 0.2) is 0 Å². The van der Waals surface area contributed by atoms with E-state index in [1.54, 1.807) is 20.0 Å². The standard InChI is InChI=1S/C28H44N6O5/c1-16(2)13-23(28(38)39)33-27(37)24(17(3)4)34-26(36)22(32-25(35)20(30)10-7-8-12-29)14-18-15-31-21-11-6-5-9-19(18)21/h5-6,9,11,15-17,20,22-24,31H,7-8,10,12-14,29-30H2,1-4H3,(H,32,35)(H,33,37)(H,34,36)(H,38,39). The van der Waals surface area contributed by atoms with Gasteiger partial charge >= 0.3 is 5.97 Å². The van der Waals surface area contributed by atoms with Crippen LogP contribution in [0.4, 0.5) is 0 Å². The number of carboxylic acid groups (broad SMARTS) is 1.